The molecule has 152 valence electrons. The van der Waals surface area contributed by atoms with Gasteiger partial charge in [0.1, 0.15) is 0 Å². The van der Waals surface area contributed by atoms with E-state index < -0.39 is 0 Å². The van der Waals surface area contributed by atoms with Crippen LogP contribution < -0.4 is 17.2 Å². The Kier molecular flexibility index (Phi) is 21.7. The van der Waals surface area contributed by atoms with Crippen LogP contribution in [0.4, 0.5) is 0 Å². The zero-order valence-corrected chi connectivity index (χ0v) is 17.0. The minimum atomic E-state index is 0.848. The molecule has 25 heavy (non-hydrogen) atoms. The van der Waals surface area contributed by atoms with Crippen LogP contribution in [0.15, 0.2) is 0 Å². The molecule has 0 spiro atoms. The van der Waals surface area contributed by atoms with Crippen molar-refractivity contribution in [1.82, 2.24) is 4.90 Å². The molecule has 0 saturated carbocycles. The number of hydrogen-bond donors (Lipinski definition) is 3. The fraction of sp³-hybridized carbons (Fsp3) is 1.00. The average Bonchev–Trinajstić information content (AvgIpc) is 2.63. The van der Waals surface area contributed by atoms with Crippen molar-refractivity contribution in [3.8, 4) is 0 Å². The van der Waals surface area contributed by atoms with Crippen LogP contribution in [0.25, 0.3) is 0 Å². The number of unbranched alkanes of at least 4 members (excludes halogenated alkanes) is 12. The van der Waals surface area contributed by atoms with Gasteiger partial charge in [0.2, 0.25) is 0 Å². The molecule has 0 aliphatic rings. The Labute approximate surface area is 158 Å². The van der Waals surface area contributed by atoms with Gasteiger partial charge in [0.05, 0.1) is 0 Å². The van der Waals surface area contributed by atoms with Crippen LogP contribution in [0.3, 0.4) is 0 Å². The topological polar surface area (TPSA) is 81.3 Å². The maximum absolute atomic E-state index is 5.57. The number of nitrogens with zero attached hydrogens (tertiary/aromatic N) is 1. The van der Waals surface area contributed by atoms with Crippen LogP contribution in [-0.4, -0.2) is 44.2 Å². The van der Waals surface area contributed by atoms with Crippen molar-refractivity contribution in [3.63, 3.8) is 0 Å². The van der Waals surface area contributed by atoms with E-state index in [-0.39, 0.29) is 0 Å². The lowest BCUT2D eigenvalue weighted by atomic mass is 10.1. The van der Waals surface area contributed by atoms with Gasteiger partial charge in [0.25, 0.3) is 0 Å². The van der Waals surface area contributed by atoms with E-state index in [9.17, 15) is 0 Å². The highest BCUT2D eigenvalue weighted by molar-refractivity contribution is 4.60. The minimum absolute atomic E-state index is 0.848. The molecule has 0 aromatic carbocycles. The third-order valence-corrected chi connectivity index (χ3v) is 5.04. The van der Waals surface area contributed by atoms with Crippen molar-refractivity contribution in [2.45, 2.75) is 96.3 Å². The van der Waals surface area contributed by atoms with E-state index in [2.05, 4.69) is 4.90 Å². The summed E-state index contributed by atoms with van der Waals surface area (Å²) in [4.78, 5) is 2.72. The molecule has 0 amide bonds. The molecule has 0 atom stereocenters. The Morgan fingerprint density at radius 2 is 0.560 bits per heavy atom. The first-order valence-electron chi connectivity index (χ1n) is 11.2. The first-order valence-corrected chi connectivity index (χ1v) is 11.2. The molecule has 0 rings (SSSR count). The second kappa shape index (κ2) is 21.9. The largest absolute Gasteiger partial charge is 0.330 e. The lowest BCUT2D eigenvalue weighted by Crippen LogP contribution is -2.27. The van der Waals surface area contributed by atoms with E-state index in [0.717, 1.165) is 19.6 Å². The second-order valence-electron chi connectivity index (χ2n) is 7.51. The van der Waals surface area contributed by atoms with Gasteiger partial charge in [-0.1, -0.05) is 57.8 Å². The van der Waals surface area contributed by atoms with Crippen LogP contribution in [-0.2, 0) is 0 Å². The number of hydrogen-bond acceptors (Lipinski definition) is 4. The van der Waals surface area contributed by atoms with Crippen molar-refractivity contribution in [2.24, 2.45) is 17.2 Å². The molecule has 0 aromatic heterocycles. The van der Waals surface area contributed by atoms with Crippen LogP contribution in [0.5, 0.6) is 0 Å². The molecule has 0 unspecified atom stereocenters. The Morgan fingerprint density at radius 3 is 0.840 bits per heavy atom. The summed E-state index contributed by atoms with van der Waals surface area (Å²) in [5.74, 6) is 0. The smallest absolute Gasteiger partial charge is 0.00187 e. The fourth-order valence-corrected chi connectivity index (χ4v) is 3.37. The summed E-state index contributed by atoms with van der Waals surface area (Å²) >= 11 is 0. The van der Waals surface area contributed by atoms with Crippen LogP contribution in [0.1, 0.15) is 96.3 Å². The van der Waals surface area contributed by atoms with Gasteiger partial charge in [-0.25, -0.2) is 0 Å². The Hall–Kier alpha value is -0.160. The minimum Gasteiger partial charge on any atom is -0.330 e. The van der Waals surface area contributed by atoms with Crippen molar-refractivity contribution in [3.05, 3.63) is 0 Å². The molecule has 0 aromatic rings. The third kappa shape index (κ3) is 20.0. The third-order valence-electron chi connectivity index (χ3n) is 5.04. The highest BCUT2D eigenvalue weighted by atomic mass is 15.1. The van der Waals surface area contributed by atoms with Gasteiger partial charge in [-0.2, -0.15) is 0 Å². The molecular weight excluding hydrogens is 308 g/mol. The van der Waals surface area contributed by atoms with Crippen LogP contribution in [0.2, 0.25) is 0 Å². The van der Waals surface area contributed by atoms with Crippen LogP contribution in [0, 0.1) is 0 Å². The van der Waals surface area contributed by atoms with Gasteiger partial charge < -0.3 is 22.1 Å². The molecule has 0 fully saturated rings. The summed E-state index contributed by atoms with van der Waals surface area (Å²) < 4.78 is 0. The Bertz CT molecular complexity index is 198. The molecule has 0 heterocycles. The van der Waals surface area contributed by atoms with E-state index in [1.807, 2.05) is 0 Å². The maximum atomic E-state index is 5.57. The van der Waals surface area contributed by atoms with E-state index >= 15 is 0 Å². The van der Waals surface area contributed by atoms with E-state index in [4.69, 9.17) is 17.2 Å². The van der Waals surface area contributed by atoms with Crippen molar-refractivity contribution in [1.29, 1.82) is 0 Å². The summed E-state index contributed by atoms with van der Waals surface area (Å²) in [7, 11) is 0. The molecule has 0 bridgehead atoms. The van der Waals surface area contributed by atoms with Gasteiger partial charge >= 0.3 is 0 Å². The van der Waals surface area contributed by atoms with E-state index in [1.165, 1.54) is 116 Å². The second-order valence-corrected chi connectivity index (χ2v) is 7.51. The first-order chi connectivity index (χ1) is 12.3. The summed E-state index contributed by atoms with van der Waals surface area (Å²) in [6, 6.07) is 0. The molecule has 6 N–H and O–H groups in total. The molecule has 0 aliphatic heterocycles. The summed E-state index contributed by atoms with van der Waals surface area (Å²) in [6.45, 7) is 6.40. The Morgan fingerprint density at radius 1 is 0.320 bits per heavy atom. The van der Waals surface area contributed by atoms with Gasteiger partial charge in [-0.15, -0.1) is 0 Å². The van der Waals surface area contributed by atoms with Crippen molar-refractivity contribution < 1.29 is 0 Å². The zero-order chi connectivity index (χ0) is 18.4. The SMILES string of the molecule is NCCCCCCCN(CCCCCCCN)CCCCCCCN. The average molecular weight is 357 g/mol. The monoisotopic (exact) mass is 356 g/mol. The van der Waals surface area contributed by atoms with Gasteiger partial charge in [-0.3, -0.25) is 0 Å². The highest BCUT2D eigenvalue weighted by Gasteiger charge is 2.05. The van der Waals surface area contributed by atoms with Gasteiger partial charge in [0, 0.05) is 0 Å². The Balaban J connectivity index is 3.76. The molecule has 0 aliphatic carbocycles. The van der Waals surface area contributed by atoms with Crippen molar-refractivity contribution >= 4 is 0 Å². The molecule has 4 nitrogen and oxygen atoms in total. The highest BCUT2D eigenvalue weighted by Crippen LogP contribution is 2.09. The molecule has 0 saturated heterocycles. The standard InChI is InChI=1S/C21H48N4/c22-16-10-4-1-7-13-19-25(20-14-8-2-5-11-17-23)21-15-9-3-6-12-18-24/h1-24H2. The number of nitrogens with two attached hydrogens (primary N) is 3. The predicted octanol–water partition coefficient (Wildman–Crippen LogP) is 4.02. The lowest BCUT2D eigenvalue weighted by molar-refractivity contribution is 0.254. The zero-order valence-electron chi connectivity index (χ0n) is 17.0. The maximum Gasteiger partial charge on any atom is -0.00187 e. The summed E-state index contributed by atoms with van der Waals surface area (Å²) in [5, 5.41) is 0. The quantitative estimate of drug-likeness (QED) is 0.271. The normalized spacial score (nSPS) is 11.5. The summed E-state index contributed by atoms with van der Waals surface area (Å²) in [6.07, 6.45) is 19.7. The van der Waals surface area contributed by atoms with E-state index in [0.29, 0.717) is 0 Å². The van der Waals surface area contributed by atoms with Crippen LogP contribution >= 0.6 is 0 Å². The van der Waals surface area contributed by atoms with Crippen molar-refractivity contribution in [2.75, 3.05) is 39.3 Å². The molecule has 0 radical (unpaired) electrons. The molecular formula is C21H48N4. The first kappa shape index (κ1) is 24.8. The fourth-order valence-electron chi connectivity index (χ4n) is 3.37. The summed E-state index contributed by atoms with van der Waals surface area (Å²) in [5.41, 5.74) is 16.7. The predicted molar refractivity (Wildman–Crippen MR) is 113 cm³/mol. The number of rotatable bonds is 21. The lowest BCUT2D eigenvalue weighted by Gasteiger charge is -2.22. The van der Waals surface area contributed by atoms with Gasteiger partial charge in [0.15, 0.2) is 0 Å². The van der Waals surface area contributed by atoms with E-state index in [1.54, 1.807) is 0 Å². The van der Waals surface area contributed by atoms with Gasteiger partial charge in [-0.05, 0) is 77.8 Å². The molecule has 4 heteroatoms.